The quantitative estimate of drug-likeness (QED) is 0.791. The Balaban J connectivity index is 0.000000165. The van der Waals surface area contributed by atoms with Gasteiger partial charge >= 0.3 is 0 Å². The average Bonchev–Trinajstić information content (AvgIpc) is 2.84. The molecule has 90 valence electrons. The summed E-state index contributed by atoms with van der Waals surface area (Å²) < 4.78 is 5.18. The molecule has 2 heterocycles. The number of pyridine rings is 1. The summed E-state index contributed by atoms with van der Waals surface area (Å²) in [6.07, 6.45) is 5.39. The van der Waals surface area contributed by atoms with Gasteiger partial charge in [-0.3, -0.25) is 4.98 Å². The van der Waals surface area contributed by atoms with E-state index in [1.807, 2.05) is 18.2 Å². The molecule has 4 N–H and O–H groups in total. The van der Waals surface area contributed by atoms with E-state index in [-0.39, 0.29) is 0 Å². The first-order valence-electron chi connectivity index (χ1n) is 5.78. The van der Waals surface area contributed by atoms with Crippen LogP contribution < -0.4 is 11.5 Å². The molecule has 1 aliphatic rings. The van der Waals surface area contributed by atoms with Gasteiger partial charge in [0.15, 0.2) is 0 Å². The Hall–Kier alpha value is -0.970. The zero-order valence-electron chi connectivity index (χ0n) is 9.64. The molecule has 4 nitrogen and oxygen atoms in total. The van der Waals surface area contributed by atoms with Gasteiger partial charge in [0.2, 0.25) is 0 Å². The lowest BCUT2D eigenvalue weighted by molar-refractivity contribution is 0.117. The number of aromatic nitrogens is 1. The minimum absolute atomic E-state index is 0.375. The minimum atomic E-state index is 0.375. The maximum absolute atomic E-state index is 5.32. The number of hydrogen-bond acceptors (Lipinski definition) is 4. The van der Waals surface area contributed by atoms with E-state index in [0.717, 1.165) is 25.1 Å². The molecule has 1 aliphatic heterocycles. The molecule has 1 aromatic heterocycles. The SMILES string of the molecule is NCC1CCCO1.NCCc1ccccn1. The van der Waals surface area contributed by atoms with E-state index in [4.69, 9.17) is 16.2 Å². The van der Waals surface area contributed by atoms with Crippen LogP contribution in [0, 0.1) is 0 Å². The van der Waals surface area contributed by atoms with Gasteiger partial charge in [0, 0.05) is 31.5 Å². The Bertz CT molecular complexity index is 260. The first-order chi connectivity index (χ1) is 7.86. The summed E-state index contributed by atoms with van der Waals surface area (Å²) in [5.41, 5.74) is 11.7. The smallest absolute Gasteiger partial charge is 0.0698 e. The molecule has 1 unspecified atom stereocenters. The molecule has 0 amide bonds. The molecule has 2 rings (SSSR count). The van der Waals surface area contributed by atoms with Crippen LogP contribution in [0.1, 0.15) is 18.5 Å². The lowest BCUT2D eigenvalue weighted by Crippen LogP contribution is -2.17. The van der Waals surface area contributed by atoms with Crippen molar-refractivity contribution in [2.45, 2.75) is 25.4 Å². The standard InChI is InChI=1S/C7H10N2.C5H11NO/c8-5-4-7-3-1-2-6-9-7;6-4-5-2-1-3-7-5/h1-3,6H,4-5,8H2;5H,1-4,6H2. The van der Waals surface area contributed by atoms with Crippen LogP contribution >= 0.6 is 0 Å². The molecule has 0 radical (unpaired) electrons. The number of nitrogens with zero attached hydrogens (tertiary/aromatic N) is 1. The first-order valence-corrected chi connectivity index (χ1v) is 5.78. The molecule has 4 heteroatoms. The monoisotopic (exact) mass is 223 g/mol. The van der Waals surface area contributed by atoms with Gasteiger partial charge in [-0.25, -0.2) is 0 Å². The zero-order valence-corrected chi connectivity index (χ0v) is 9.64. The third-order valence-corrected chi connectivity index (χ3v) is 2.41. The fourth-order valence-electron chi connectivity index (χ4n) is 1.52. The Labute approximate surface area is 97.0 Å². The second kappa shape index (κ2) is 8.21. The third kappa shape index (κ3) is 5.21. The highest BCUT2D eigenvalue weighted by Gasteiger charge is 2.11. The van der Waals surface area contributed by atoms with Crippen molar-refractivity contribution in [3.8, 4) is 0 Å². The van der Waals surface area contributed by atoms with Crippen molar-refractivity contribution in [2.75, 3.05) is 19.7 Å². The van der Waals surface area contributed by atoms with Crippen molar-refractivity contribution in [1.29, 1.82) is 0 Å². The van der Waals surface area contributed by atoms with Crippen LogP contribution in [0.3, 0.4) is 0 Å². The molecule has 1 atom stereocenters. The van der Waals surface area contributed by atoms with Gasteiger partial charge in [-0.05, 0) is 31.5 Å². The Kier molecular flexibility index (Phi) is 6.72. The summed E-state index contributed by atoms with van der Waals surface area (Å²) in [6.45, 7) is 2.29. The average molecular weight is 223 g/mol. The summed E-state index contributed by atoms with van der Waals surface area (Å²) in [5.74, 6) is 0. The molecule has 1 aromatic rings. The predicted octanol–water partition coefficient (Wildman–Crippen LogP) is 0.707. The number of rotatable bonds is 3. The van der Waals surface area contributed by atoms with Crippen LogP contribution in [0.15, 0.2) is 24.4 Å². The van der Waals surface area contributed by atoms with E-state index in [2.05, 4.69) is 4.98 Å². The van der Waals surface area contributed by atoms with Crippen molar-refractivity contribution >= 4 is 0 Å². The van der Waals surface area contributed by atoms with Gasteiger partial charge in [0.1, 0.15) is 0 Å². The highest BCUT2D eigenvalue weighted by molar-refractivity contribution is 5.03. The van der Waals surface area contributed by atoms with E-state index in [1.54, 1.807) is 6.20 Å². The topological polar surface area (TPSA) is 74.2 Å². The summed E-state index contributed by atoms with van der Waals surface area (Å²) >= 11 is 0. The highest BCUT2D eigenvalue weighted by Crippen LogP contribution is 2.09. The summed E-state index contributed by atoms with van der Waals surface area (Å²) in [6, 6.07) is 5.85. The maximum Gasteiger partial charge on any atom is 0.0698 e. The van der Waals surface area contributed by atoms with Crippen LogP contribution in [0.2, 0.25) is 0 Å². The number of nitrogens with two attached hydrogens (primary N) is 2. The van der Waals surface area contributed by atoms with Gasteiger partial charge < -0.3 is 16.2 Å². The normalized spacial score (nSPS) is 19.0. The molecular formula is C12H21N3O. The Morgan fingerprint density at radius 1 is 1.38 bits per heavy atom. The summed E-state index contributed by atoms with van der Waals surface area (Å²) in [4.78, 5) is 4.09. The molecule has 0 saturated carbocycles. The molecule has 1 fully saturated rings. The maximum atomic E-state index is 5.32. The molecular weight excluding hydrogens is 202 g/mol. The number of hydrogen-bond donors (Lipinski definition) is 2. The molecule has 0 bridgehead atoms. The Morgan fingerprint density at radius 3 is 2.69 bits per heavy atom. The molecule has 0 aromatic carbocycles. The molecule has 0 spiro atoms. The largest absolute Gasteiger partial charge is 0.377 e. The Morgan fingerprint density at radius 2 is 2.25 bits per heavy atom. The van der Waals surface area contributed by atoms with Gasteiger partial charge in [0.25, 0.3) is 0 Å². The van der Waals surface area contributed by atoms with E-state index in [1.165, 1.54) is 6.42 Å². The van der Waals surface area contributed by atoms with Gasteiger partial charge in [0.05, 0.1) is 6.10 Å². The van der Waals surface area contributed by atoms with Crippen molar-refractivity contribution in [1.82, 2.24) is 4.98 Å². The lowest BCUT2D eigenvalue weighted by Gasteiger charge is -2.01. The van der Waals surface area contributed by atoms with Crippen LogP contribution in [-0.2, 0) is 11.2 Å². The second-order valence-electron chi connectivity index (χ2n) is 3.73. The summed E-state index contributed by atoms with van der Waals surface area (Å²) in [5, 5.41) is 0. The zero-order chi connectivity index (χ0) is 11.6. The van der Waals surface area contributed by atoms with Crippen molar-refractivity contribution in [2.24, 2.45) is 11.5 Å². The van der Waals surface area contributed by atoms with Crippen LogP contribution in [0.25, 0.3) is 0 Å². The van der Waals surface area contributed by atoms with Crippen molar-refractivity contribution < 1.29 is 4.74 Å². The van der Waals surface area contributed by atoms with Gasteiger partial charge in [-0.15, -0.1) is 0 Å². The van der Waals surface area contributed by atoms with Crippen molar-refractivity contribution in [3.63, 3.8) is 0 Å². The van der Waals surface area contributed by atoms with E-state index in [0.29, 0.717) is 19.2 Å². The predicted molar refractivity (Wildman–Crippen MR) is 65.0 cm³/mol. The van der Waals surface area contributed by atoms with E-state index < -0.39 is 0 Å². The van der Waals surface area contributed by atoms with Crippen LogP contribution in [0.4, 0.5) is 0 Å². The molecule has 1 saturated heterocycles. The van der Waals surface area contributed by atoms with E-state index >= 15 is 0 Å². The van der Waals surface area contributed by atoms with E-state index in [9.17, 15) is 0 Å². The highest BCUT2D eigenvalue weighted by atomic mass is 16.5. The van der Waals surface area contributed by atoms with Gasteiger partial charge in [-0.2, -0.15) is 0 Å². The molecule has 16 heavy (non-hydrogen) atoms. The van der Waals surface area contributed by atoms with Crippen LogP contribution in [-0.4, -0.2) is 30.8 Å². The first kappa shape index (κ1) is 13.1. The fraction of sp³-hybridized carbons (Fsp3) is 0.583. The lowest BCUT2D eigenvalue weighted by atomic mass is 10.2. The van der Waals surface area contributed by atoms with Crippen LogP contribution in [0.5, 0.6) is 0 Å². The minimum Gasteiger partial charge on any atom is -0.377 e. The summed E-state index contributed by atoms with van der Waals surface area (Å²) in [7, 11) is 0. The second-order valence-corrected chi connectivity index (χ2v) is 3.73. The number of ether oxygens (including phenoxy) is 1. The van der Waals surface area contributed by atoms with Crippen molar-refractivity contribution in [3.05, 3.63) is 30.1 Å². The molecule has 0 aliphatic carbocycles. The third-order valence-electron chi connectivity index (χ3n) is 2.41. The van der Waals surface area contributed by atoms with Gasteiger partial charge in [-0.1, -0.05) is 6.07 Å². The fourth-order valence-corrected chi connectivity index (χ4v) is 1.52.